The Balaban J connectivity index is 1.04. The van der Waals surface area contributed by atoms with E-state index < -0.39 is 0 Å². The molecule has 11 rings (SSSR count). The Morgan fingerprint density at radius 3 is 1.62 bits per heavy atom. The SMILES string of the molecule is c1ccc(-c2ccc(N(c3ccc(-c4ccccc4-c4cc5ccccc5c5ccccc45)cc3)c3ccc4sc5c6ccccc6ccc5c4c3)cc2)cc1. The molecular formula is C54H35NS. The number of hydrogen-bond acceptors (Lipinski definition) is 2. The predicted octanol–water partition coefficient (Wildman–Crippen LogP) is 16.0. The van der Waals surface area contributed by atoms with Crippen LogP contribution in [0.3, 0.4) is 0 Å². The van der Waals surface area contributed by atoms with Gasteiger partial charge in [0.1, 0.15) is 0 Å². The lowest BCUT2D eigenvalue weighted by molar-refractivity contribution is 1.29. The number of fused-ring (bicyclic) bond motifs is 8. The summed E-state index contributed by atoms with van der Waals surface area (Å²) in [7, 11) is 0. The highest BCUT2D eigenvalue weighted by Crippen LogP contribution is 2.44. The Morgan fingerprint density at radius 2 is 0.857 bits per heavy atom. The number of benzene rings is 10. The van der Waals surface area contributed by atoms with E-state index in [4.69, 9.17) is 0 Å². The lowest BCUT2D eigenvalue weighted by atomic mass is 9.89. The van der Waals surface area contributed by atoms with Gasteiger partial charge in [0, 0.05) is 37.2 Å². The summed E-state index contributed by atoms with van der Waals surface area (Å²) in [5.41, 5.74) is 10.7. The first-order valence-electron chi connectivity index (χ1n) is 19.2. The molecule has 0 aliphatic carbocycles. The van der Waals surface area contributed by atoms with Crippen LogP contribution in [0.1, 0.15) is 0 Å². The van der Waals surface area contributed by atoms with E-state index in [1.165, 1.54) is 85.9 Å². The van der Waals surface area contributed by atoms with Crippen LogP contribution >= 0.6 is 11.3 Å². The fourth-order valence-electron chi connectivity index (χ4n) is 8.55. The maximum atomic E-state index is 2.39. The van der Waals surface area contributed by atoms with Crippen molar-refractivity contribution in [1.29, 1.82) is 0 Å². The Labute approximate surface area is 330 Å². The lowest BCUT2D eigenvalue weighted by Gasteiger charge is -2.26. The van der Waals surface area contributed by atoms with Gasteiger partial charge in [-0.05, 0) is 114 Å². The second-order valence-electron chi connectivity index (χ2n) is 14.5. The molecule has 1 nitrogen and oxygen atoms in total. The van der Waals surface area contributed by atoms with Crippen molar-refractivity contribution in [2.75, 3.05) is 4.90 Å². The molecule has 0 aliphatic rings. The average Bonchev–Trinajstić information content (AvgIpc) is 3.66. The second kappa shape index (κ2) is 13.4. The number of anilines is 3. The molecule has 262 valence electrons. The normalized spacial score (nSPS) is 11.6. The maximum Gasteiger partial charge on any atom is 0.0468 e. The average molecular weight is 730 g/mol. The van der Waals surface area contributed by atoms with Gasteiger partial charge in [-0.15, -0.1) is 11.3 Å². The highest BCUT2D eigenvalue weighted by Gasteiger charge is 2.18. The van der Waals surface area contributed by atoms with E-state index in [9.17, 15) is 0 Å². The molecule has 2 heteroatoms. The molecule has 0 radical (unpaired) electrons. The van der Waals surface area contributed by atoms with E-state index in [0.717, 1.165) is 17.1 Å². The smallest absolute Gasteiger partial charge is 0.0468 e. The molecule has 0 unspecified atom stereocenters. The van der Waals surface area contributed by atoms with Crippen molar-refractivity contribution in [2.45, 2.75) is 0 Å². The first-order chi connectivity index (χ1) is 27.8. The fourth-order valence-corrected chi connectivity index (χ4v) is 9.77. The van der Waals surface area contributed by atoms with Gasteiger partial charge in [0.25, 0.3) is 0 Å². The van der Waals surface area contributed by atoms with Crippen LogP contribution in [0.5, 0.6) is 0 Å². The minimum absolute atomic E-state index is 1.11. The molecule has 0 atom stereocenters. The van der Waals surface area contributed by atoms with E-state index in [1.807, 2.05) is 11.3 Å². The van der Waals surface area contributed by atoms with Gasteiger partial charge in [-0.1, -0.05) is 164 Å². The molecule has 0 N–H and O–H groups in total. The van der Waals surface area contributed by atoms with Gasteiger partial charge < -0.3 is 4.90 Å². The van der Waals surface area contributed by atoms with Crippen molar-refractivity contribution in [2.24, 2.45) is 0 Å². The number of nitrogens with zero attached hydrogens (tertiary/aromatic N) is 1. The molecule has 1 aromatic heterocycles. The quantitative estimate of drug-likeness (QED) is 0.154. The number of rotatable bonds is 6. The van der Waals surface area contributed by atoms with Gasteiger partial charge in [0.15, 0.2) is 0 Å². The van der Waals surface area contributed by atoms with Gasteiger partial charge in [0.2, 0.25) is 0 Å². The van der Waals surface area contributed by atoms with E-state index in [2.05, 4.69) is 217 Å². The van der Waals surface area contributed by atoms with Gasteiger partial charge in [-0.25, -0.2) is 0 Å². The van der Waals surface area contributed by atoms with E-state index >= 15 is 0 Å². The fraction of sp³-hybridized carbons (Fsp3) is 0. The molecule has 1 heterocycles. The van der Waals surface area contributed by atoms with Crippen LogP contribution < -0.4 is 4.90 Å². The van der Waals surface area contributed by atoms with Gasteiger partial charge >= 0.3 is 0 Å². The molecule has 0 spiro atoms. The monoisotopic (exact) mass is 729 g/mol. The third-order valence-corrected chi connectivity index (χ3v) is 12.5. The molecule has 0 fully saturated rings. The van der Waals surface area contributed by atoms with Crippen molar-refractivity contribution < 1.29 is 0 Å². The molecule has 56 heavy (non-hydrogen) atoms. The molecule has 0 saturated carbocycles. The summed E-state index contributed by atoms with van der Waals surface area (Å²) in [5.74, 6) is 0. The number of hydrogen-bond donors (Lipinski definition) is 0. The first kappa shape index (κ1) is 32.4. The molecule has 0 aliphatic heterocycles. The first-order valence-corrected chi connectivity index (χ1v) is 20.0. The summed E-state index contributed by atoms with van der Waals surface area (Å²) in [6, 6.07) is 77.6. The lowest BCUT2D eigenvalue weighted by Crippen LogP contribution is -2.09. The van der Waals surface area contributed by atoms with Gasteiger partial charge in [-0.3, -0.25) is 0 Å². The van der Waals surface area contributed by atoms with Crippen LogP contribution in [0.2, 0.25) is 0 Å². The van der Waals surface area contributed by atoms with Crippen LogP contribution in [0, 0.1) is 0 Å². The highest BCUT2D eigenvalue weighted by molar-refractivity contribution is 7.26. The Morgan fingerprint density at radius 1 is 0.286 bits per heavy atom. The zero-order chi connectivity index (χ0) is 37.0. The number of thiophene rings is 1. The maximum absolute atomic E-state index is 2.39. The van der Waals surface area contributed by atoms with E-state index in [-0.39, 0.29) is 0 Å². The summed E-state index contributed by atoms with van der Waals surface area (Å²) in [4.78, 5) is 2.39. The van der Waals surface area contributed by atoms with Crippen molar-refractivity contribution in [3.05, 3.63) is 212 Å². The third kappa shape index (κ3) is 5.46. The highest BCUT2D eigenvalue weighted by atomic mass is 32.1. The van der Waals surface area contributed by atoms with Crippen LogP contribution in [-0.2, 0) is 0 Å². The summed E-state index contributed by atoms with van der Waals surface area (Å²) >= 11 is 1.88. The van der Waals surface area contributed by atoms with Crippen molar-refractivity contribution in [3.63, 3.8) is 0 Å². The third-order valence-electron chi connectivity index (χ3n) is 11.3. The standard InChI is InChI=1S/C54H35NS/c1-2-12-36(13-3-1)37-22-27-41(28-23-37)55(43-31-33-53-52(35-43)50-32-26-38-14-4-7-18-46(38)54(50)56-53)42-29-24-39(25-30-42)44-16-8-9-20-48(44)51-34-40-15-5-6-17-45(40)47-19-10-11-21-49(47)51/h1-35H. The molecule has 10 aromatic carbocycles. The molecule has 0 bridgehead atoms. The van der Waals surface area contributed by atoms with Crippen LogP contribution in [0.25, 0.3) is 85.9 Å². The Kier molecular flexibility index (Phi) is 7.75. The zero-order valence-electron chi connectivity index (χ0n) is 30.6. The van der Waals surface area contributed by atoms with Crippen LogP contribution in [0.4, 0.5) is 17.1 Å². The van der Waals surface area contributed by atoms with Crippen molar-refractivity contribution in [3.8, 4) is 33.4 Å². The molecule has 11 aromatic rings. The van der Waals surface area contributed by atoms with Crippen LogP contribution in [0.15, 0.2) is 212 Å². The largest absolute Gasteiger partial charge is 0.310 e. The van der Waals surface area contributed by atoms with Crippen molar-refractivity contribution >= 4 is 80.9 Å². The van der Waals surface area contributed by atoms with Gasteiger partial charge in [-0.2, -0.15) is 0 Å². The minimum Gasteiger partial charge on any atom is -0.310 e. The minimum atomic E-state index is 1.11. The van der Waals surface area contributed by atoms with Gasteiger partial charge in [0.05, 0.1) is 0 Å². The summed E-state index contributed by atoms with van der Waals surface area (Å²) in [5, 5.41) is 10.3. The molecular weight excluding hydrogens is 695 g/mol. The topological polar surface area (TPSA) is 3.24 Å². The van der Waals surface area contributed by atoms with Crippen LogP contribution in [-0.4, -0.2) is 0 Å². The summed E-state index contributed by atoms with van der Waals surface area (Å²) in [6.45, 7) is 0. The van der Waals surface area contributed by atoms with E-state index in [0.29, 0.717) is 0 Å². The molecule has 0 saturated heterocycles. The second-order valence-corrected chi connectivity index (χ2v) is 15.5. The Hall–Kier alpha value is -7.00. The predicted molar refractivity (Wildman–Crippen MR) is 243 cm³/mol. The Bertz CT molecular complexity index is 3230. The summed E-state index contributed by atoms with van der Waals surface area (Å²) < 4.78 is 2.64. The molecule has 0 amide bonds. The zero-order valence-corrected chi connectivity index (χ0v) is 31.4. The van der Waals surface area contributed by atoms with E-state index in [1.54, 1.807) is 0 Å². The summed E-state index contributed by atoms with van der Waals surface area (Å²) in [6.07, 6.45) is 0. The van der Waals surface area contributed by atoms with Crippen molar-refractivity contribution in [1.82, 2.24) is 0 Å².